The Morgan fingerprint density at radius 3 is 2.71 bits per heavy atom. The summed E-state index contributed by atoms with van der Waals surface area (Å²) in [5.74, 6) is 0. The third-order valence-electron chi connectivity index (χ3n) is 2.68. The summed E-state index contributed by atoms with van der Waals surface area (Å²) in [6, 6.07) is 7.96. The third kappa shape index (κ3) is 2.97. The molecule has 0 aliphatic carbocycles. The molecule has 0 saturated carbocycles. The van der Waals surface area contributed by atoms with Crippen molar-refractivity contribution in [3.05, 3.63) is 40.5 Å². The van der Waals surface area contributed by atoms with Gasteiger partial charge in [0.25, 0.3) is 10.0 Å². The van der Waals surface area contributed by atoms with Crippen LogP contribution < -0.4 is 4.72 Å². The molecule has 0 bridgehead atoms. The monoisotopic (exact) mass is 340 g/mol. The summed E-state index contributed by atoms with van der Waals surface area (Å²) in [4.78, 5) is 4.25. The summed E-state index contributed by atoms with van der Waals surface area (Å²) in [5, 5.41) is 9.49. The molecule has 0 fully saturated rings. The van der Waals surface area contributed by atoms with Gasteiger partial charge in [-0.15, -0.1) is 10.2 Å². The van der Waals surface area contributed by atoms with E-state index < -0.39 is 10.0 Å². The molecular formula is C12H9ClN4O2S2. The van der Waals surface area contributed by atoms with Crippen molar-refractivity contribution in [1.29, 1.82) is 0 Å². The van der Waals surface area contributed by atoms with Crippen LogP contribution in [0.5, 0.6) is 0 Å². The molecule has 21 heavy (non-hydrogen) atoms. The van der Waals surface area contributed by atoms with Gasteiger partial charge in [-0.2, -0.15) is 0 Å². The van der Waals surface area contributed by atoms with E-state index in [0.29, 0.717) is 21.1 Å². The van der Waals surface area contributed by atoms with E-state index in [1.807, 2.05) is 0 Å². The molecule has 0 aliphatic rings. The third-order valence-corrected chi connectivity index (χ3v) is 5.12. The van der Waals surface area contributed by atoms with E-state index in [1.165, 1.54) is 23.5 Å². The van der Waals surface area contributed by atoms with Crippen LogP contribution in [0.2, 0.25) is 5.15 Å². The van der Waals surface area contributed by atoms with Crippen LogP contribution >= 0.6 is 22.9 Å². The van der Waals surface area contributed by atoms with Crippen LogP contribution in [0, 0.1) is 6.92 Å². The fourth-order valence-electron chi connectivity index (χ4n) is 1.76. The van der Waals surface area contributed by atoms with Crippen LogP contribution in [0.1, 0.15) is 5.01 Å². The van der Waals surface area contributed by atoms with E-state index >= 15 is 0 Å². The average molecular weight is 341 g/mol. The predicted octanol–water partition coefficient (Wildman–Crippen LogP) is 2.85. The molecule has 3 rings (SSSR count). The molecule has 2 heterocycles. The Balaban J connectivity index is 2.00. The van der Waals surface area contributed by atoms with Crippen LogP contribution in [-0.2, 0) is 10.0 Å². The number of benzene rings is 1. The van der Waals surface area contributed by atoms with Crippen molar-refractivity contribution in [3.8, 4) is 0 Å². The molecule has 0 atom stereocenters. The Labute approximate surface area is 129 Å². The van der Waals surface area contributed by atoms with Gasteiger partial charge in [-0.25, -0.2) is 13.4 Å². The van der Waals surface area contributed by atoms with Crippen LogP contribution in [0.15, 0.2) is 35.2 Å². The summed E-state index contributed by atoms with van der Waals surface area (Å²) in [5.41, 5.74) is 0.633. The molecule has 6 nitrogen and oxygen atoms in total. The number of anilines is 1. The van der Waals surface area contributed by atoms with E-state index in [1.54, 1.807) is 25.1 Å². The number of nitrogens with one attached hydrogen (secondary N) is 1. The van der Waals surface area contributed by atoms with Crippen LogP contribution in [0.3, 0.4) is 0 Å². The number of sulfonamides is 1. The van der Waals surface area contributed by atoms with E-state index in [4.69, 9.17) is 11.6 Å². The summed E-state index contributed by atoms with van der Waals surface area (Å²) >= 11 is 6.98. The highest BCUT2D eigenvalue weighted by Crippen LogP contribution is 2.23. The first-order valence-corrected chi connectivity index (χ1v) is 8.51. The minimum atomic E-state index is -3.70. The maximum absolute atomic E-state index is 12.3. The van der Waals surface area contributed by atoms with Crippen molar-refractivity contribution in [1.82, 2.24) is 15.2 Å². The van der Waals surface area contributed by atoms with Gasteiger partial charge in [0.1, 0.15) is 10.2 Å². The van der Waals surface area contributed by atoms with Crippen molar-refractivity contribution in [2.24, 2.45) is 0 Å². The maximum atomic E-state index is 12.3. The number of fused-ring (bicyclic) bond motifs is 1. The minimum absolute atomic E-state index is 0.131. The molecule has 0 radical (unpaired) electrons. The Morgan fingerprint density at radius 2 is 2.00 bits per heavy atom. The average Bonchev–Trinajstić information content (AvgIpc) is 2.82. The Morgan fingerprint density at radius 1 is 1.19 bits per heavy atom. The zero-order valence-electron chi connectivity index (χ0n) is 10.7. The van der Waals surface area contributed by atoms with Gasteiger partial charge in [-0.3, -0.25) is 4.72 Å². The second-order valence-electron chi connectivity index (χ2n) is 4.22. The maximum Gasteiger partial charge on any atom is 0.263 e. The topological polar surface area (TPSA) is 84.8 Å². The lowest BCUT2D eigenvalue weighted by molar-refractivity contribution is 0.601. The molecule has 0 spiro atoms. The molecule has 9 heteroatoms. The van der Waals surface area contributed by atoms with Crippen molar-refractivity contribution >= 4 is 49.0 Å². The van der Waals surface area contributed by atoms with Crippen LogP contribution in [0.4, 0.5) is 5.13 Å². The van der Waals surface area contributed by atoms with Gasteiger partial charge in [0.2, 0.25) is 5.13 Å². The Bertz CT molecular complexity index is 924. The number of aromatic nitrogens is 3. The summed E-state index contributed by atoms with van der Waals surface area (Å²) in [6.07, 6.45) is 0. The zero-order valence-corrected chi connectivity index (χ0v) is 13.1. The summed E-state index contributed by atoms with van der Waals surface area (Å²) in [7, 11) is -3.70. The largest absolute Gasteiger partial charge is 0.263 e. The van der Waals surface area contributed by atoms with Crippen molar-refractivity contribution < 1.29 is 8.42 Å². The first kappa shape index (κ1) is 14.2. The lowest BCUT2D eigenvalue weighted by Gasteiger charge is -2.06. The number of hydrogen-bond acceptors (Lipinski definition) is 6. The molecule has 108 valence electrons. The highest BCUT2D eigenvalue weighted by Gasteiger charge is 2.17. The molecular weight excluding hydrogens is 332 g/mol. The number of pyridine rings is 1. The van der Waals surface area contributed by atoms with Gasteiger partial charge in [-0.05, 0) is 37.3 Å². The van der Waals surface area contributed by atoms with Gasteiger partial charge in [0.15, 0.2) is 0 Å². The van der Waals surface area contributed by atoms with Crippen molar-refractivity contribution in [3.63, 3.8) is 0 Å². The van der Waals surface area contributed by atoms with Gasteiger partial charge in [-0.1, -0.05) is 22.9 Å². The number of rotatable bonds is 3. The second-order valence-corrected chi connectivity index (χ2v) is 7.47. The smallest absolute Gasteiger partial charge is 0.253 e. The Kier molecular flexibility index (Phi) is 3.52. The van der Waals surface area contributed by atoms with Crippen LogP contribution in [-0.4, -0.2) is 23.6 Å². The molecule has 1 N–H and O–H groups in total. The summed E-state index contributed by atoms with van der Waals surface area (Å²) in [6.45, 7) is 1.75. The van der Waals surface area contributed by atoms with E-state index in [-0.39, 0.29) is 10.0 Å². The van der Waals surface area contributed by atoms with Gasteiger partial charge in [0, 0.05) is 5.39 Å². The fraction of sp³-hybridized carbons (Fsp3) is 0.0833. The van der Waals surface area contributed by atoms with Gasteiger partial charge < -0.3 is 0 Å². The Hall–Kier alpha value is -1.77. The van der Waals surface area contributed by atoms with Crippen molar-refractivity contribution in [2.75, 3.05) is 4.72 Å². The predicted molar refractivity (Wildman–Crippen MR) is 82.2 cm³/mol. The molecule has 3 aromatic rings. The molecule has 0 aliphatic heterocycles. The van der Waals surface area contributed by atoms with E-state index in [9.17, 15) is 8.42 Å². The van der Waals surface area contributed by atoms with Crippen LogP contribution in [0.25, 0.3) is 10.9 Å². The fourth-order valence-corrected chi connectivity index (χ4v) is 3.77. The SMILES string of the molecule is Cc1nnc(NS(=O)(=O)c2ccc3nc(Cl)ccc3c2)s1. The zero-order chi connectivity index (χ0) is 15.0. The quantitative estimate of drug-likeness (QED) is 0.741. The number of nitrogens with zero attached hydrogens (tertiary/aromatic N) is 3. The first-order chi connectivity index (χ1) is 9.94. The highest BCUT2D eigenvalue weighted by atomic mass is 35.5. The standard InChI is InChI=1S/C12H9ClN4O2S2/c1-7-15-16-12(20-7)17-21(18,19)9-3-4-10-8(6-9)2-5-11(13)14-10/h2-6H,1H3,(H,16,17). The summed E-state index contributed by atoms with van der Waals surface area (Å²) < 4.78 is 27.0. The molecule has 0 saturated heterocycles. The van der Waals surface area contributed by atoms with E-state index in [0.717, 1.165) is 0 Å². The molecule has 1 aromatic carbocycles. The highest BCUT2D eigenvalue weighted by molar-refractivity contribution is 7.93. The van der Waals surface area contributed by atoms with Gasteiger partial charge in [0.05, 0.1) is 10.4 Å². The minimum Gasteiger partial charge on any atom is -0.253 e. The lowest BCUT2D eigenvalue weighted by Crippen LogP contribution is -2.12. The normalized spacial score (nSPS) is 11.7. The second kappa shape index (κ2) is 5.21. The van der Waals surface area contributed by atoms with E-state index in [2.05, 4.69) is 19.9 Å². The number of aryl methyl sites for hydroxylation is 1. The number of hydrogen-bond donors (Lipinski definition) is 1. The first-order valence-electron chi connectivity index (χ1n) is 5.83. The van der Waals surface area contributed by atoms with Gasteiger partial charge >= 0.3 is 0 Å². The number of halogens is 1. The lowest BCUT2D eigenvalue weighted by atomic mass is 10.2. The molecule has 0 amide bonds. The molecule has 2 aromatic heterocycles. The van der Waals surface area contributed by atoms with Crippen molar-refractivity contribution in [2.45, 2.75) is 11.8 Å². The molecule has 0 unspecified atom stereocenters.